The summed E-state index contributed by atoms with van der Waals surface area (Å²) in [6, 6.07) is 0. The Balaban J connectivity index is 2.22. The maximum absolute atomic E-state index is 5.86. The van der Waals surface area contributed by atoms with E-state index in [1.54, 1.807) is 0 Å². The van der Waals surface area contributed by atoms with Gasteiger partial charge in [0, 0.05) is 31.1 Å². The van der Waals surface area contributed by atoms with Gasteiger partial charge in [-0.25, -0.2) is 0 Å². The summed E-state index contributed by atoms with van der Waals surface area (Å²) in [5.41, 5.74) is 2.54. The van der Waals surface area contributed by atoms with E-state index in [9.17, 15) is 0 Å². The van der Waals surface area contributed by atoms with Crippen molar-refractivity contribution >= 4 is 18.0 Å². The van der Waals surface area contributed by atoms with Crippen molar-refractivity contribution in [2.24, 2.45) is 0 Å². The molecule has 2 heterocycles. The van der Waals surface area contributed by atoms with Crippen molar-refractivity contribution in [3.05, 3.63) is 29.0 Å². The lowest BCUT2D eigenvalue weighted by Gasteiger charge is -2.18. The molecule has 2 aliphatic rings. The number of fused-ring (bicyclic) bond motifs is 3. The first-order valence-corrected chi connectivity index (χ1v) is 5.06. The van der Waals surface area contributed by atoms with Crippen LogP contribution < -0.4 is 4.90 Å². The number of anilines is 1. The number of hydrogen-bond acceptors (Lipinski definition) is 2. The lowest BCUT2D eigenvalue weighted by molar-refractivity contribution is 0.505. The number of likely N-dealkylation sites (N-methyl/N-ethyl adjacent to an activating group) is 1. The summed E-state index contributed by atoms with van der Waals surface area (Å²) in [4.78, 5) is 2.15. The van der Waals surface area contributed by atoms with Crippen molar-refractivity contribution in [2.75, 3.05) is 18.5 Å². The van der Waals surface area contributed by atoms with Crippen LogP contribution in [0.25, 0.3) is 12.2 Å². The van der Waals surface area contributed by atoms with Crippen LogP contribution in [0, 0.1) is 0 Å². The summed E-state index contributed by atoms with van der Waals surface area (Å²) in [6.07, 6.45) is 10.9. The number of aryl methyl sites for hydroxylation is 1. The molecular weight excluding hydrogens is 174 g/mol. The predicted octanol–water partition coefficient (Wildman–Crippen LogP) is 2.70. The fraction of sp³-hybridized carbons (Fsp3) is 0.333. The molecule has 14 heavy (non-hydrogen) atoms. The second-order valence-corrected chi connectivity index (χ2v) is 3.88. The van der Waals surface area contributed by atoms with Crippen LogP contribution in [0.4, 0.5) is 5.88 Å². The highest BCUT2D eigenvalue weighted by molar-refractivity contribution is 5.77. The quantitative estimate of drug-likeness (QED) is 0.621. The third-order valence-electron chi connectivity index (χ3n) is 2.87. The second kappa shape index (κ2) is 2.77. The fourth-order valence-corrected chi connectivity index (χ4v) is 2.13. The number of rotatable bonds is 0. The van der Waals surface area contributed by atoms with E-state index in [2.05, 4.69) is 36.3 Å². The molecular formula is C12H13NO. The molecule has 1 aliphatic carbocycles. The summed E-state index contributed by atoms with van der Waals surface area (Å²) in [6.45, 7) is 0.948. The van der Waals surface area contributed by atoms with Crippen LogP contribution in [0.2, 0.25) is 0 Å². The van der Waals surface area contributed by atoms with Gasteiger partial charge in [-0.2, -0.15) is 0 Å². The fourth-order valence-electron chi connectivity index (χ4n) is 2.13. The second-order valence-electron chi connectivity index (χ2n) is 3.88. The van der Waals surface area contributed by atoms with E-state index < -0.39 is 0 Å². The molecule has 0 aromatic carbocycles. The van der Waals surface area contributed by atoms with Crippen LogP contribution in [-0.4, -0.2) is 13.6 Å². The standard InChI is InChI=1S/C12H13NO/c1-13-8-4-6-10-9-5-2-3-7-11(9)14-12(10)13/h2,4-6H,3,7-8H2,1H3. The van der Waals surface area contributed by atoms with Gasteiger partial charge in [-0.1, -0.05) is 24.3 Å². The van der Waals surface area contributed by atoms with Crippen LogP contribution in [-0.2, 0) is 6.42 Å². The molecule has 0 saturated carbocycles. The average Bonchev–Trinajstić information content (AvgIpc) is 2.59. The van der Waals surface area contributed by atoms with Crippen LogP contribution in [0.3, 0.4) is 0 Å². The van der Waals surface area contributed by atoms with E-state index in [1.165, 1.54) is 11.1 Å². The first-order chi connectivity index (χ1) is 6.86. The van der Waals surface area contributed by atoms with Gasteiger partial charge in [-0.05, 0) is 6.42 Å². The van der Waals surface area contributed by atoms with E-state index in [0.29, 0.717) is 0 Å². The van der Waals surface area contributed by atoms with E-state index >= 15 is 0 Å². The minimum atomic E-state index is 0.948. The van der Waals surface area contributed by atoms with Crippen molar-refractivity contribution in [1.82, 2.24) is 0 Å². The molecule has 2 heteroatoms. The summed E-state index contributed by atoms with van der Waals surface area (Å²) < 4.78 is 5.86. The minimum Gasteiger partial charge on any atom is -0.444 e. The lowest BCUT2D eigenvalue weighted by Crippen LogP contribution is -2.19. The van der Waals surface area contributed by atoms with Gasteiger partial charge in [-0.15, -0.1) is 0 Å². The van der Waals surface area contributed by atoms with Crippen LogP contribution in [0.15, 0.2) is 16.6 Å². The van der Waals surface area contributed by atoms with Crippen molar-refractivity contribution in [2.45, 2.75) is 12.8 Å². The van der Waals surface area contributed by atoms with Gasteiger partial charge in [0.1, 0.15) is 5.76 Å². The zero-order valence-corrected chi connectivity index (χ0v) is 8.29. The van der Waals surface area contributed by atoms with Crippen LogP contribution in [0.1, 0.15) is 23.3 Å². The molecule has 1 aromatic heterocycles. The highest BCUT2D eigenvalue weighted by Crippen LogP contribution is 2.36. The molecule has 2 nitrogen and oxygen atoms in total. The maximum Gasteiger partial charge on any atom is 0.203 e. The molecule has 0 unspecified atom stereocenters. The largest absolute Gasteiger partial charge is 0.444 e. The number of furan rings is 1. The molecule has 1 aliphatic heterocycles. The molecule has 0 amide bonds. The van der Waals surface area contributed by atoms with Gasteiger partial charge in [0.2, 0.25) is 5.88 Å². The van der Waals surface area contributed by atoms with E-state index in [-0.39, 0.29) is 0 Å². The highest BCUT2D eigenvalue weighted by Gasteiger charge is 2.22. The maximum atomic E-state index is 5.86. The van der Waals surface area contributed by atoms with E-state index in [0.717, 1.165) is 31.0 Å². The van der Waals surface area contributed by atoms with Crippen LogP contribution >= 0.6 is 0 Å². The molecule has 1 aromatic rings. The first-order valence-electron chi connectivity index (χ1n) is 5.06. The van der Waals surface area contributed by atoms with Crippen molar-refractivity contribution in [3.8, 4) is 0 Å². The highest BCUT2D eigenvalue weighted by atomic mass is 16.4. The third-order valence-corrected chi connectivity index (χ3v) is 2.87. The number of hydrogen-bond donors (Lipinski definition) is 0. The zero-order chi connectivity index (χ0) is 9.54. The smallest absolute Gasteiger partial charge is 0.203 e. The normalized spacial score (nSPS) is 18.2. The number of allylic oxidation sites excluding steroid dienone is 1. The summed E-state index contributed by atoms with van der Waals surface area (Å²) in [7, 11) is 2.07. The van der Waals surface area contributed by atoms with E-state index in [4.69, 9.17) is 4.42 Å². The average molecular weight is 187 g/mol. The molecule has 0 fully saturated rings. The Kier molecular flexibility index (Phi) is 1.57. The molecule has 72 valence electrons. The summed E-state index contributed by atoms with van der Waals surface area (Å²) in [5.74, 6) is 2.18. The zero-order valence-electron chi connectivity index (χ0n) is 8.29. The van der Waals surface area contributed by atoms with Gasteiger partial charge in [0.25, 0.3) is 0 Å². The number of nitrogens with zero attached hydrogens (tertiary/aromatic N) is 1. The Morgan fingerprint density at radius 2 is 2.07 bits per heavy atom. The summed E-state index contributed by atoms with van der Waals surface area (Å²) in [5, 5.41) is 0. The topological polar surface area (TPSA) is 16.4 Å². The monoisotopic (exact) mass is 187 g/mol. The SMILES string of the molecule is CN1CC=Cc2c1oc1c2C=CCC1. The van der Waals surface area contributed by atoms with Crippen molar-refractivity contribution in [3.63, 3.8) is 0 Å². The lowest BCUT2D eigenvalue weighted by atomic mass is 10.0. The predicted molar refractivity (Wildman–Crippen MR) is 58.4 cm³/mol. The van der Waals surface area contributed by atoms with Gasteiger partial charge >= 0.3 is 0 Å². The first kappa shape index (κ1) is 7.92. The van der Waals surface area contributed by atoms with Gasteiger partial charge in [0.15, 0.2) is 0 Å². The molecule has 0 atom stereocenters. The summed E-state index contributed by atoms with van der Waals surface area (Å²) >= 11 is 0. The Bertz CT molecular complexity index is 426. The van der Waals surface area contributed by atoms with Crippen LogP contribution in [0.5, 0.6) is 0 Å². The van der Waals surface area contributed by atoms with Crippen molar-refractivity contribution in [1.29, 1.82) is 0 Å². The Morgan fingerprint density at radius 1 is 1.21 bits per heavy atom. The minimum absolute atomic E-state index is 0.948. The molecule has 0 bridgehead atoms. The van der Waals surface area contributed by atoms with Gasteiger partial charge in [0.05, 0.1) is 0 Å². The molecule has 0 radical (unpaired) electrons. The molecule has 0 spiro atoms. The Hall–Kier alpha value is -1.44. The van der Waals surface area contributed by atoms with Crippen molar-refractivity contribution < 1.29 is 4.42 Å². The van der Waals surface area contributed by atoms with E-state index in [1.807, 2.05) is 0 Å². The van der Waals surface area contributed by atoms with Gasteiger partial charge < -0.3 is 9.32 Å². The molecule has 3 rings (SSSR count). The molecule has 0 saturated heterocycles. The Labute approximate surface area is 83.5 Å². The Morgan fingerprint density at radius 3 is 3.00 bits per heavy atom. The molecule has 0 N–H and O–H groups in total. The third kappa shape index (κ3) is 0.969. The van der Waals surface area contributed by atoms with Gasteiger partial charge in [-0.3, -0.25) is 0 Å².